The van der Waals surface area contributed by atoms with Crippen molar-refractivity contribution in [2.45, 2.75) is 45.4 Å². The van der Waals surface area contributed by atoms with Gasteiger partial charge in [0.05, 0.1) is 0 Å². The molecular weight excluding hydrogens is 194 g/mol. The molecule has 0 unspecified atom stereocenters. The minimum atomic E-state index is 0.807. The molecule has 0 amide bonds. The van der Waals surface area contributed by atoms with Gasteiger partial charge in [-0.1, -0.05) is 26.2 Å². The molecular formula is C12H24ClN. The Balaban J connectivity index is 2.16. The first-order valence-electron chi connectivity index (χ1n) is 6.15. The molecule has 0 aromatic rings. The number of alkyl halides is 1. The number of rotatable bonds is 6. The molecule has 14 heavy (non-hydrogen) atoms. The van der Waals surface area contributed by atoms with Crippen molar-refractivity contribution < 1.29 is 0 Å². The maximum Gasteiger partial charge on any atom is 0.0235 e. The monoisotopic (exact) mass is 217 g/mol. The lowest BCUT2D eigenvalue weighted by Crippen LogP contribution is -2.31. The Kier molecular flexibility index (Phi) is 6.63. The molecule has 0 radical (unpaired) electrons. The molecule has 0 spiro atoms. The topological polar surface area (TPSA) is 3.24 Å². The molecule has 0 aliphatic heterocycles. The maximum absolute atomic E-state index is 5.72. The molecule has 0 aromatic heterocycles. The van der Waals surface area contributed by atoms with Crippen molar-refractivity contribution in [3.05, 3.63) is 0 Å². The van der Waals surface area contributed by atoms with E-state index < -0.39 is 0 Å². The van der Waals surface area contributed by atoms with Crippen LogP contribution in [0.5, 0.6) is 0 Å². The highest BCUT2D eigenvalue weighted by molar-refractivity contribution is 6.17. The van der Waals surface area contributed by atoms with E-state index in [2.05, 4.69) is 11.8 Å². The van der Waals surface area contributed by atoms with Crippen LogP contribution in [0.4, 0.5) is 0 Å². The smallest absolute Gasteiger partial charge is 0.0235 e. The summed E-state index contributed by atoms with van der Waals surface area (Å²) in [5.41, 5.74) is 0. The van der Waals surface area contributed by atoms with Crippen LogP contribution >= 0.6 is 11.6 Å². The van der Waals surface area contributed by atoms with Crippen LogP contribution < -0.4 is 0 Å². The third-order valence-electron chi connectivity index (χ3n) is 3.30. The molecule has 84 valence electrons. The quantitative estimate of drug-likeness (QED) is 0.616. The van der Waals surface area contributed by atoms with Crippen LogP contribution in [-0.2, 0) is 0 Å². The molecule has 0 N–H and O–H groups in total. The zero-order valence-electron chi connectivity index (χ0n) is 9.47. The largest absolute Gasteiger partial charge is 0.303 e. The van der Waals surface area contributed by atoms with Gasteiger partial charge in [-0.3, -0.25) is 0 Å². The molecule has 1 aliphatic carbocycles. The van der Waals surface area contributed by atoms with E-state index in [4.69, 9.17) is 11.6 Å². The van der Waals surface area contributed by atoms with Gasteiger partial charge in [0.2, 0.25) is 0 Å². The molecule has 0 heterocycles. The summed E-state index contributed by atoms with van der Waals surface area (Å²) in [5.74, 6) is 1.78. The molecule has 1 nitrogen and oxygen atoms in total. The second-order valence-electron chi connectivity index (χ2n) is 4.44. The molecule has 0 atom stereocenters. The average molecular weight is 218 g/mol. The van der Waals surface area contributed by atoms with E-state index >= 15 is 0 Å². The van der Waals surface area contributed by atoms with Gasteiger partial charge in [-0.15, -0.1) is 11.6 Å². The fraction of sp³-hybridized carbons (Fsp3) is 1.00. The first-order valence-corrected chi connectivity index (χ1v) is 6.68. The van der Waals surface area contributed by atoms with Gasteiger partial charge in [0.15, 0.2) is 0 Å². The van der Waals surface area contributed by atoms with Crippen LogP contribution in [0, 0.1) is 5.92 Å². The van der Waals surface area contributed by atoms with E-state index in [-0.39, 0.29) is 0 Å². The Bertz CT molecular complexity index is 132. The van der Waals surface area contributed by atoms with Crippen molar-refractivity contribution in [1.82, 2.24) is 4.90 Å². The van der Waals surface area contributed by atoms with E-state index in [1.165, 1.54) is 51.7 Å². The number of halogens is 1. The van der Waals surface area contributed by atoms with Crippen molar-refractivity contribution in [3.8, 4) is 0 Å². The third kappa shape index (κ3) is 4.65. The lowest BCUT2D eigenvalue weighted by Gasteiger charge is -2.28. The zero-order chi connectivity index (χ0) is 10.2. The lowest BCUT2D eigenvalue weighted by molar-refractivity contribution is 0.209. The number of hydrogen-bond acceptors (Lipinski definition) is 1. The van der Waals surface area contributed by atoms with Gasteiger partial charge in [-0.2, -0.15) is 0 Å². The molecule has 0 aromatic carbocycles. The first-order chi connectivity index (χ1) is 6.86. The fourth-order valence-corrected chi connectivity index (χ4v) is 2.52. The minimum Gasteiger partial charge on any atom is -0.303 e. The van der Waals surface area contributed by atoms with E-state index in [0.29, 0.717) is 0 Å². The van der Waals surface area contributed by atoms with Crippen molar-refractivity contribution in [2.75, 3.05) is 25.5 Å². The highest BCUT2D eigenvalue weighted by Gasteiger charge is 2.15. The summed E-state index contributed by atoms with van der Waals surface area (Å²) in [6.45, 7) is 5.95. The van der Waals surface area contributed by atoms with Crippen molar-refractivity contribution >= 4 is 11.6 Å². The minimum absolute atomic E-state index is 0.807. The molecule has 1 aliphatic rings. The van der Waals surface area contributed by atoms with E-state index in [0.717, 1.165) is 18.2 Å². The predicted octanol–water partition coefficient (Wildman–Crippen LogP) is 3.52. The van der Waals surface area contributed by atoms with Gasteiger partial charge in [0.1, 0.15) is 0 Å². The Morgan fingerprint density at radius 1 is 1.21 bits per heavy atom. The van der Waals surface area contributed by atoms with Crippen molar-refractivity contribution in [1.29, 1.82) is 0 Å². The lowest BCUT2D eigenvalue weighted by atomic mass is 9.89. The highest BCUT2D eigenvalue weighted by atomic mass is 35.5. The fourth-order valence-electron chi connectivity index (χ4n) is 2.40. The number of hydrogen-bond donors (Lipinski definition) is 0. The molecule has 1 rings (SSSR count). The third-order valence-corrected chi connectivity index (χ3v) is 3.56. The highest BCUT2D eigenvalue weighted by Crippen LogP contribution is 2.24. The summed E-state index contributed by atoms with van der Waals surface area (Å²) >= 11 is 5.72. The van der Waals surface area contributed by atoms with Crippen LogP contribution in [0.3, 0.4) is 0 Å². The summed E-state index contributed by atoms with van der Waals surface area (Å²) in [6, 6.07) is 0. The van der Waals surface area contributed by atoms with Crippen LogP contribution in [0.1, 0.15) is 45.4 Å². The second-order valence-corrected chi connectivity index (χ2v) is 4.82. The van der Waals surface area contributed by atoms with Gasteiger partial charge < -0.3 is 4.90 Å². The molecule has 1 saturated carbocycles. The van der Waals surface area contributed by atoms with Gasteiger partial charge in [-0.05, 0) is 38.3 Å². The van der Waals surface area contributed by atoms with Crippen LogP contribution in [-0.4, -0.2) is 30.4 Å². The zero-order valence-corrected chi connectivity index (χ0v) is 10.2. The van der Waals surface area contributed by atoms with E-state index in [9.17, 15) is 0 Å². The average Bonchev–Trinajstić information content (AvgIpc) is 2.25. The molecule has 0 saturated heterocycles. The Labute approximate surface area is 93.8 Å². The Morgan fingerprint density at radius 2 is 1.93 bits per heavy atom. The van der Waals surface area contributed by atoms with Gasteiger partial charge >= 0.3 is 0 Å². The van der Waals surface area contributed by atoms with Crippen LogP contribution in [0.2, 0.25) is 0 Å². The number of nitrogens with zero attached hydrogens (tertiary/aromatic N) is 1. The van der Waals surface area contributed by atoms with Gasteiger partial charge in [-0.25, -0.2) is 0 Å². The standard InChI is InChI=1S/C12H24ClN/c1-2-14(10-6-9-13)11-12-7-4-3-5-8-12/h12H,2-11H2,1H3. The maximum atomic E-state index is 5.72. The van der Waals surface area contributed by atoms with Gasteiger partial charge in [0.25, 0.3) is 0 Å². The Hall–Kier alpha value is 0.250. The molecule has 0 bridgehead atoms. The normalized spacial score (nSPS) is 19.1. The van der Waals surface area contributed by atoms with Crippen molar-refractivity contribution in [3.63, 3.8) is 0 Å². The second kappa shape index (κ2) is 7.53. The van der Waals surface area contributed by atoms with Crippen molar-refractivity contribution in [2.24, 2.45) is 5.92 Å². The van der Waals surface area contributed by atoms with E-state index in [1.54, 1.807) is 0 Å². The predicted molar refractivity (Wildman–Crippen MR) is 64.0 cm³/mol. The first kappa shape index (κ1) is 12.3. The summed E-state index contributed by atoms with van der Waals surface area (Å²) in [5, 5.41) is 0. The SMILES string of the molecule is CCN(CCCCl)CC1CCCCC1. The van der Waals surface area contributed by atoms with E-state index in [1.807, 2.05) is 0 Å². The van der Waals surface area contributed by atoms with Crippen LogP contribution in [0.25, 0.3) is 0 Å². The summed E-state index contributed by atoms with van der Waals surface area (Å²) in [6.07, 6.45) is 8.43. The van der Waals surface area contributed by atoms with Crippen LogP contribution in [0.15, 0.2) is 0 Å². The van der Waals surface area contributed by atoms with Gasteiger partial charge in [0, 0.05) is 12.4 Å². The summed E-state index contributed by atoms with van der Waals surface area (Å²) < 4.78 is 0. The molecule has 1 fully saturated rings. The summed E-state index contributed by atoms with van der Waals surface area (Å²) in [7, 11) is 0. The summed E-state index contributed by atoms with van der Waals surface area (Å²) in [4.78, 5) is 2.57. The Morgan fingerprint density at radius 3 is 2.50 bits per heavy atom. The molecule has 2 heteroatoms.